The fourth-order valence-electron chi connectivity index (χ4n) is 7.79. The predicted octanol–water partition coefficient (Wildman–Crippen LogP) is 6.36. The minimum absolute atomic E-state index is 0.0319. The number of ether oxygens (including phenoxy) is 1. The van der Waals surface area contributed by atoms with E-state index in [1.165, 1.54) is 12.1 Å². The van der Waals surface area contributed by atoms with E-state index in [9.17, 15) is 24.9 Å². The summed E-state index contributed by atoms with van der Waals surface area (Å²) >= 11 is 0. The van der Waals surface area contributed by atoms with Crippen molar-refractivity contribution in [1.82, 2.24) is 15.2 Å². The highest BCUT2D eigenvalue weighted by molar-refractivity contribution is 5.94. The van der Waals surface area contributed by atoms with Crippen LogP contribution in [0.2, 0.25) is 0 Å². The molecule has 5 N–H and O–H groups in total. The van der Waals surface area contributed by atoms with Crippen LogP contribution in [0.5, 0.6) is 11.5 Å². The number of hydrogen-bond donors (Lipinski definition) is 5. The molecule has 10 heteroatoms. The molecular formula is C42H46N4O6. The van der Waals surface area contributed by atoms with Gasteiger partial charge < -0.3 is 35.3 Å². The van der Waals surface area contributed by atoms with Gasteiger partial charge in [-0.2, -0.15) is 0 Å². The first-order valence-corrected chi connectivity index (χ1v) is 18.2. The number of carboxylic acid groups (broad SMARTS) is 1. The zero-order valence-corrected chi connectivity index (χ0v) is 29.2. The second-order valence-electron chi connectivity index (χ2n) is 13.9. The number of aromatic nitrogens is 1. The van der Waals surface area contributed by atoms with Crippen LogP contribution in [0.3, 0.4) is 0 Å². The number of nitrogens with one attached hydrogen (secondary N) is 2. The van der Waals surface area contributed by atoms with Crippen LogP contribution >= 0.6 is 0 Å². The van der Waals surface area contributed by atoms with E-state index in [1.807, 2.05) is 54.6 Å². The van der Waals surface area contributed by atoms with E-state index in [4.69, 9.17) is 4.74 Å². The van der Waals surface area contributed by atoms with Crippen molar-refractivity contribution in [3.8, 4) is 22.6 Å². The molecule has 0 unspecified atom stereocenters. The maximum Gasteiger partial charge on any atom is 0.412 e. The van der Waals surface area contributed by atoms with E-state index in [1.54, 1.807) is 17.0 Å². The van der Waals surface area contributed by atoms with Crippen molar-refractivity contribution >= 4 is 22.7 Å². The Morgan fingerprint density at radius 3 is 2.44 bits per heavy atom. The molecule has 0 saturated carbocycles. The second kappa shape index (κ2) is 16.0. The van der Waals surface area contributed by atoms with Gasteiger partial charge in [0.25, 0.3) is 0 Å². The van der Waals surface area contributed by atoms with E-state index < -0.39 is 12.2 Å². The van der Waals surface area contributed by atoms with Gasteiger partial charge in [0.2, 0.25) is 5.56 Å². The number of amides is 1. The summed E-state index contributed by atoms with van der Waals surface area (Å²) < 4.78 is 6.08. The van der Waals surface area contributed by atoms with E-state index >= 15 is 0 Å². The van der Waals surface area contributed by atoms with Crippen LogP contribution in [0.1, 0.15) is 42.1 Å². The number of H-pyrrole nitrogens is 1. The molecule has 3 fully saturated rings. The SMILES string of the molecule is O=C(O)N(c1cc(CCCOc2ccc(CCNC[C@@H](O)c3ccc(O)c4[nH]c(=O)ccc34)cc2)ccc1-c1ccccc1)[C@H]1CN2CCC1CC2. The number of fused-ring (bicyclic) bond motifs is 4. The number of anilines is 1. The lowest BCUT2D eigenvalue weighted by atomic mass is 9.82. The molecule has 2 bridgehead atoms. The second-order valence-corrected chi connectivity index (χ2v) is 13.9. The highest BCUT2D eigenvalue weighted by Crippen LogP contribution is 2.39. The number of phenols is 1. The van der Waals surface area contributed by atoms with Crippen LogP contribution in [0.15, 0.2) is 102 Å². The monoisotopic (exact) mass is 702 g/mol. The molecule has 2 atom stereocenters. The minimum atomic E-state index is -0.893. The molecule has 3 aliphatic heterocycles. The molecule has 3 saturated heterocycles. The quantitative estimate of drug-likeness (QED) is 0.0844. The van der Waals surface area contributed by atoms with E-state index in [2.05, 4.69) is 33.4 Å². The lowest BCUT2D eigenvalue weighted by Gasteiger charge is -2.48. The van der Waals surface area contributed by atoms with Gasteiger partial charge in [0.05, 0.1) is 30.0 Å². The summed E-state index contributed by atoms with van der Waals surface area (Å²) in [6.45, 7) is 4.41. The summed E-state index contributed by atoms with van der Waals surface area (Å²) in [5.74, 6) is 1.14. The first-order chi connectivity index (χ1) is 25.3. The molecule has 3 aliphatic rings. The van der Waals surface area contributed by atoms with Gasteiger partial charge in [-0.15, -0.1) is 0 Å². The van der Waals surface area contributed by atoms with E-state index in [0.29, 0.717) is 42.1 Å². The molecular weight excluding hydrogens is 656 g/mol. The molecule has 8 rings (SSSR count). The topological polar surface area (TPSA) is 138 Å². The Morgan fingerprint density at radius 2 is 1.71 bits per heavy atom. The third-order valence-corrected chi connectivity index (χ3v) is 10.6. The zero-order valence-electron chi connectivity index (χ0n) is 29.2. The average molecular weight is 703 g/mol. The Kier molecular flexibility index (Phi) is 10.9. The molecule has 5 aromatic rings. The first kappa shape index (κ1) is 35.3. The van der Waals surface area contributed by atoms with Crippen LogP contribution in [0.25, 0.3) is 22.0 Å². The summed E-state index contributed by atoms with van der Waals surface area (Å²) in [6.07, 6.45) is 2.71. The van der Waals surface area contributed by atoms with Crippen molar-refractivity contribution in [3.05, 3.63) is 124 Å². The molecule has 52 heavy (non-hydrogen) atoms. The lowest BCUT2D eigenvalue weighted by molar-refractivity contribution is 0.0837. The van der Waals surface area contributed by atoms with Gasteiger partial charge in [-0.1, -0.05) is 60.7 Å². The fourth-order valence-corrected chi connectivity index (χ4v) is 7.79. The number of carbonyl (C=O) groups is 1. The molecule has 0 spiro atoms. The number of pyridine rings is 1. The Balaban J connectivity index is 0.915. The molecule has 270 valence electrons. The maximum absolute atomic E-state index is 12.9. The highest BCUT2D eigenvalue weighted by atomic mass is 16.5. The minimum Gasteiger partial charge on any atom is -0.506 e. The standard InChI is InChI=1S/C42H46N4O6/c47-38-16-14-34(35-15-17-40(49)44-41(35)38)39(48)26-43-21-18-28-8-11-32(12-9-28)52-24-4-5-29-10-13-33(30-6-2-1-3-7-30)36(25-29)46(42(50)51)37-27-45-22-19-31(37)20-23-45/h1-3,6-17,25,31,37,39,43,47-48H,4-5,18-24,26-27H2,(H,44,49)(H,50,51)/t37-,39+/m0/s1. The molecule has 1 aromatic heterocycles. The normalized spacial score (nSPS) is 18.7. The molecule has 4 heterocycles. The number of hydrogen-bond acceptors (Lipinski definition) is 7. The summed E-state index contributed by atoms with van der Waals surface area (Å²) in [6, 6.07) is 30.4. The lowest BCUT2D eigenvalue weighted by Crippen LogP contribution is -2.59. The van der Waals surface area contributed by atoms with Crippen molar-refractivity contribution in [2.45, 2.75) is 44.2 Å². The summed E-state index contributed by atoms with van der Waals surface area (Å²) in [5.41, 5.74) is 5.59. The van der Waals surface area contributed by atoms with Gasteiger partial charge in [0.1, 0.15) is 11.5 Å². The van der Waals surface area contributed by atoms with Gasteiger partial charge in [-0.25, -0.2) is 4.79 Å². The highest BCUT2D eigenvalue weighted by Gasteiger charge is 2.40. The Bertz CT molecular complexity index is 2040. The summed E-state index contributed by atoms with van der Waals surface area (Å²) in [7, 11) is 0. The van der Waals surface area contributed by atoms with E-state index in [0.717, 1.165) is 85.4 Å². The molecule has 10 nitrogen and oxygen atoms in total. The Labute approximate surface area is 303 Å². The smallest absolute Gasteiger partial charge is 0.412 e. The number of rotatable bonds is 14. The number of benzene rings is 4. The fraction of sp³-hybridized carbons (Fsp3) is 0.333. The number of aliphatic hydroxyl groups excluding tert-OH is 1. The average Bonchev–Trinajstić information content (AvgIpc) is 3.17. The molecule has 1 amide bonds. The van der Waals surface area contributed by atoms with Crippen LogP contribution < -0.4 is 20.5 Å². The molecule has 4 aromatic carbocycles. The molecule has 0 aliphatic carbocycles. The van der Waals surface area contributed by atoms with Crippen molar-refractivity contribution < 1.29 is 24.9 Å². The summed E-state index contributed by atoms with van der Waals surface area (Å²) in [5, 5.41) is 35.4. The number of piperidine rings is 3. The molecule has 0 radical (unpaired) electrons. The summed E-state index contributed by atoms with van der Waals surface area (Å²) in [4.78, 5) is 31.2. The van der Waals surface area contributed by atoms with Crippen LogP contribution in [0.4, 0.5) is 10.5 Å². The third-order valence-electron chi connectivity index (χ3n) is 10.6. The number of aromatic amines is 1. The van der Waals surface area contributed by atoms with Gasteiger partial charge in [0.15, 0.2) is 0 Å². The van der Waals surface area contributed by atoms with Crippen LogP contribution in [0, 0.1) is 5.92 Å². The van der Waals surface area contributed by atoms with E-state index in [-0.39, 0.29) is 17.4 Å². The third kappa shape index (κ3) is 7.99. The maximum atomic E-state index is 12.9. The zero-order chi connectivity index (χ0) is 36.0. The van der Waals surface area contributed by atoms with Gasteiger partial charge >= 0.3 is 6.09 Å². The van der Waals surface area contributed by atoms with Crippen molar-refractivity contribution in [2.75, 3.05) is 44.2 Å². The predicted molar refractivity (Wildman–Crippen MR) is 203 cm³/mol. The van der Waals surface area contributed by atoms with Gasteiger partial charge in [0, 0.05) is 30.1 Å². The van der Waals surface area contributed by atoms with Crippen molar-refractivity contribution in [2.24, 2.45) is 5.92 Å². The van der Waals surface area contributed by atoms with Crippen molar-refractivity contribution in [1.29, 1.82) is 0 Å². The Hall–Kier alpha value is -5.16. The van der Waals surface area contributed by atoms with Gasteiger partial charge in [-0.05, 0) is 110 Å². The number of aromatic hydroxyl groups is 1. The van der Waals surface area contributed by atoms with Gasteiger partial charge in [-0.3, -0.25) is 9.69 Å². The number of aryl methyl sites for hydroxylation is 1. The largest absolute Gasteiger partial charge is 0.506 e. The number of nitrogens with zero attached hydrogens (tertiary/aromatic N) is 2. The van der Waals surface area contributed by atoms with Crippen molar-refractivity contribution in [3.63, 3.8) is 0 Å². The Morgan fingerprint density at radius 1 is 0.942 bits per heavy atom. The van der Waals surface area contributed by atoms with Crippen LogP contribution in [-0.4, -0.2) is 76.7 Å². The number of aliphatic hydroxyl groups is 1. The van der Waals surface area contributed by atoms with Crippen LogP contribution in [-0.2, 0) is 12.8 Å². The first-order valence-electron chi connectivity index (χ1n) is 18.2. The number of phenolic OH excluding ortho intramolecular Hbond substituents is 1.